The van der Waals surface area contributed by atoms with E-state index in [1.165, 1.54) is 67.5 Å². The van der Waals surface area contributed by atoms with Gasteiger partial charge in [-0.05, 0) is 0 Å². The molecule has 1 aliphatic heterocycles. The van der Waals surface area contributed by atoms with Gasteiger partial charge in [0, 0.05) is 0 Å². The summed E-state index contributed by atoms with van der Waals surface area (Å²) in [6.07, 6.45) is 13.1. The van der Waals surface area contributed by atoms with Crippen molar-refractivity contribution in [1.29, 1.82) is 0 Å². The fourth-order valence-corrected chi connectivity index (χ4v) is 14.5. The van der Waals surface area contributed by atoms with Crippen molar-refractivity contribution in [3.05, 3.63) is 41.3 Å². The standard InChI is InChI=1S/C27H43FN3O2PS/c1-7-10-17-34(18-11-8-2,19-12-9-3)20-24-25(21(34)4)29-27(31(5)35(6,32)33)30-26(24)22-13-15-23(28)16-14-22/h13-16,21H,7-12,17-20H2,1-6H3. The van der Waals surface area contributed by atoms with Crippen LogP contribution in [0.25, 0.3) is 11.3 Å². The van der Waals surface area contributed by atoms with E-state index in [2.05, 4.69) is 27.7 Å². The summed E-state index contributed by atoms with van der Waals surface area (Å²) in [4.78, 5) is 9.78. The molecule has 0 fully saturated rings. The fraction of sp³-hybridized carbons (Fsp3) is 0.630. The van der Waals surface area contributed by atoms with Crippen molar-refractivity contribution in [2.45, 2.75) is 78.0 Å². The molecule has 0 saturated carbocycles. The van der Waals surface area contributed by atoms with Gasteiger partial charge in [-0.3, -0.25) is 0 Å². The Morgan fingerprint density at radius 3 is 1.94 bits per heavy atom. The third-order valence-electron chi connectivity index (χ3n) is 8.35. The number of hydrogen-bond acceptors (Lipinski definition) is 4. The van der Waals surface area contributed by atoms with Crippen LogP contribution in [0.2, 0.25) is 0 Å². The van der Waals surface area contributed by atoms with Gasteiger partial charge >= 0.3 is 212 Å². The van der Waals surface area contributed by atoms with Gasteiger partial charge in [0.15, 0.2) is 0 Å². The van der Waals surface area contributed by atoms with E-state index in [0.717, 1.165) is 47.9 Å². The van der Waals surface area contributed by atoms with Crippen molar-refractivity contribution in [3.63, 3.8) is 0 Å². The van der Waals surface area contributed by atoms with Crippen molar-refractivity contribution in [1.82, 2.24) is 9.97 Å². The summed E-state index contributed by atoms with van der Waals surface area (Å²) in [7, 11) is -2.01. The molecule has 3 rings (SSSR count). The molecule has 2 aromatic rings. The number of hydrogen-bond donors (Lipinski definition) is 0. The second kappa shape index (κ2) is 10.8. The number of anilines is 1. The molecule has 5 nitrogen and oxygen atoms in total. The maximum absolute atomic E-state index is 13.8. The van der Waals surface area contributed by atoms with Crippen LogP contribution in [-0.2, 0) is 16.2 Å². The maximum atomic E-state index is 13.8. The second-order valence-corrected chi connectivity index (χ2v) is 19.2. The van der Waals surface area contributed by atoms with E-state index in [0.29, 0.717) is 5.66 Å². The zero-order valence-electron chi connectivity index (χ0n) is 22.3. The Balaban J connectivity index is 2.30. The van der Waals surface area contributed by atoms with E-state index in [1.807, 2.05) is 0 Å². The third-order valence-corrected chi connectivity index (χ3v) is 17.7. The van der Waals surface area contributed by atoms with E-state index in [9.17, 15) is 12.8 Å². The zero-order chi connectivity index (χ0) is 25.9. The SMILES string of the molecule is CCCCP1(CCCC)(CCCC)Cc2c(-c3ccc(F)cc3)nc(N(C)S(C)(=O)=O)nc2C1C. The predicted octanol–water partition coefficient (Wildman–Crippen LogP) is 7.21. The van der Waals surface area contributed by atoms with Crippen molar-refractivity contribution >= 4 is 22.6 Å². The molecule has 0 aliphatic carbocycles. The third kappa shape index (κ3) is 5.41. The normalized spacial score (nSPS) is 19.6. The number of unbranched alkanes of at least 4 members (excludes halogenated alkanes) is 3. The van der Waals surface area contributed by atoms with Gasteiger partial charge in [0.25, 0.3) is 0 Å². The molecule has 1 aromatic heterocycles. The number of halogens is 1. The molecule has 35 heavy (non-hydrogen) atoms. The van der Waals surface area contributed by atoms with Gasteiger partial charge in [-0.15, -0.1) is 0 Å². The minimum atomic E-state index is -3.52. The molecule has 0 spiro atoms. The summed E-state index contributed by atoms with van der Waals surface area (Å²) in [6, 6.07) is 6.41. The first-order chi connectivity index (χ1) is 16.5. The number of sulfonamides is 1. The molecule has 196 valence electrons. The quantitative estimate of drug-likeness (QED) is 0.276. The van der Waals surface area contributed by atoms with Gasteiger partial charge in [-0.2, -0.15) is 0 Å². The van der Waals surface area contributed by atoms with Crippen LogP contribution in [0.5, 0.6) is 0 Å². The summed E-state index contributed by atoms with van der Waals surface area (Å²) < 4.78 is 39.8. The molecular weight excluding hydrogens is 480 g/mol. The van der Waals surface area contributed by atoms with Gasteiger partial charge in [-0.1, -0.05) is 0 Å². The molecule has 0 amide bonds. The van der Waals surface area contributed by atoms with Crippen molar-refractivity contribution in [2.75, 3.05) is 36.1 Å². The molecule has 1 aromatic carbocycles. The van der Waals surface area contributed by atoms with Gasteiger partial charge in [-0.25, -0.2) is 0 Å². The van der Waals surface area contributed by atoms with Crippen LogP contribution >= 0.6 is 6.60 Å². The molecule has 1 atom stereocenters. The van der Waals surface area contributed by atoms with E-state index < -0.39 is 16.6 Å². The van der Waals surface area contributed by atoms with Crippen molar-refractivity contribution < 1.29 is 12.8 Å². The first-order valence-corrected chi connectivity index (χ1v) is 18.0. The van der Waals surface area contributed by atoms with Crippen LogP contribution in [-0.4, -0.2) is 50.2 Å². The molecular formula is C27H43FN3O2PS. The summed E-state index contributed by atoms with van der Waals surface area (Å²) >= 11 is 0. The number of nitrogens with zero attached hydrogens (tertiary/aromatic N) is 3. The molecule has 2 heterocycles. The zero-order valence-corrected chi connectivity index (χ0v) is 24.1. The Morgan fingerprint density at radius 2 is 1.49 bits per heavy atom. The van der Waals surface area contributed by atoms with Crippen molar-refractivity contribution in [2.24, 2.45) is 0 Å². The number of benzene rings is 1. The molecule has 1 aliphatic rings. The van der Waals surface area contributed by atoms with Gasteiger partial charge in [0.05, 0.1) is 0 Å². The Labute approximate surface area is 211 Å². The van der Waals surface area contributed by atoms with E-state index in [4.69, 9.17) is 9.97 Å². The predicted molar refractivity (Wildman–Crippen MR) is 149 cm³/mol. The topological polar surface area (TPSA) is 63.2 Å². The monoisotopic (exact) mass is 523 g/mol. The number of fused-ring (bicyclic) bond motifs is 1. The average Bonchev–Trinajstić information content (AvgIpc) is 3.08. The Morgan fingerprint density at radius 1 is 0.971 bits per heavy atom. The van der Waals surface area contributed by atoms with E-state index in [-0.39, 0.29) is 11.8 Å². The molecule has 0 N–H and O–H groups in total. The molecule has 1 unspecified atom stereocenters. The van der Waals surface area contributed by atoms with Gasteiger partial charge in [0.2, 0.25) is 0 Å². The Hall–Kier alpha value is -1.59. The summed E-state index contributed by atoms with van der Waals surface area (Å²) in [6.45, 7) is 6.88. The number of rotatable bonds is 12. The van der Waals surface area contributed by atoms with Crippen LogP contribution in [0.4, 0.5) is 10.3 Å². The summed E-state index contributed by atoms with van der Waals surface area (Å²) in [5, 5.41) is 0. The Kier molecular flexibility index (Phi) is 8.64. The van der Waals surface area contributed by atoms with Crippen LogP contribution < -0.4 is 4.31 Å². The molecule has 0 radical (unpaired) electrons. The molecule has 8 heteroatoms. The van der Waals surface area contributed by atoms with Gasteiger partial charge < -0.3 is 0 Å². The van der Waals surface area contributed by atoms with E-state index >= 15 is 0 Å². The fourth-order valence-electron chi connectivity index (χ4n) is 5.94. The molecule has 0 saturated heterocycles. The Bertz CT molecular complexity index is 1110. The second-order valence-electron chi connectivity index (χ2n) is 10.6. The number of aromatic nitrogens is 2. The summed E-state index contributed by atoms with van der Waals surface area (Å²) in [5.74, 6) is -0.0906. The van der Waals surface area contributed by atoms with Crippen molar-refractivity contribution in [3.8, 4) is 11.3 Å². The van der Waals surface area contributed by atoms with Crippen LogP contribution in [0.15, 0.2) is 24.3 Å². The first kappa shape index (κ1) is 28.0. The first-order valence-electron chi connectivity index (χ1n) is 13.1. The minimum absolute atomic E-state index is 0.206. The summed E-state index contributed by atoms with van der Waals surface area (Å²) in [5.41, 5.74) is 4.07. The van der Waals surface area contributed by atoms with Gasteiger partial charge in [0.1, 0.15) is 0 Å². The van der Waals surface area contributed by atoms with Crippen LogP contribution in [0.3, 0.4) is 0 Å². The van der Waals surface area contributed by atoms with Crippen LogP contribution in [0.1, 0.15) is 83.1 Å². The van der Waals surface area contributed by atoms with E-state index in [1.54, 1.807) is 12.1 Å². The molecule has 0 bridgehead atoms. The van der Waals surface area contributed by atoms with Crippen LogP contribution in [0, 0.1) is 5.82 Å². The average molecular weight is 524 g/mol.